The van der Waals surface area contributed by atoms with Crippen LogP contribution in [0.5, 0.6) is 0 Å². The van der Waals surface area contributed by atoms with Crippen molar-refractivity contribution in [2.45, 2.75) is 57.2 Å². The Labute approximate surface area is 151 Å². The second-order valence-electron chi connectivity index (χ2n) is 6.63. The molecule has 0 saturated carbocycles. The van der Waals surface area contributed by atoms with Crippen molar-refractivity contribution in [1.82, 2.24) is 0 Å². The fourth-order valence-electron chi connectivity index (χ4n) is 3.42. The second-order valence-corrected chi connectivity index (χ2v) is 10.8. The van der Waals surface area contributed by atoms with Crippen molar-refractivity contribution in [3.05, 3.63) is 71.8 Å². The quantitative estimate of drug-likeness (QED) is 0.395. The van der Waals surface area contributed by atoms with Gasteiger partial charge in [-0.1, -0.05) is 0 Å². The van der Waals surface area contributed by atoms with E-state index in [1.165, 1.54) is 55.8 Å². The molecule has 2 aromatic carbocycles. The molecule has 3 rings (SSSR count). The molecule has 0 N–H and O–H groups in total. The van der Waals surface area contributed by atoms with E-state index in [1.54, 1.807) is 14.5 Å². The fourth-order valence-corrected chi connectivity index (χ4v) is 8.47. The molecule has 1 aliphatic heterocycles. The van der Waals surface area contributed by atoms with Gasteiger partial charge in [0.1, 0.15) is 0 Å². The summed E-state index contributed by atoms with van der Waals surface area (Å²) in [6.45, 7) is 2.29. The third kappa shape index (κ3) is 4.41. The first-order valence-corrected chi connectivity index (χ1v) is 12.4. The number of hydrogen-bond donors (Lipinski definition) is 0. The Hall–Kier alpha value is -1.30. The van der Waals surface area contributed by atoms with E-state index >= 15 is 0 Å². The van der Waals surface area contributed by atoms with Crippen LogP contribution in [0.1, 0.15) is 63.0 Å². The zero-order valence-corrected chi connectivity index (χ0v) is 16.6. The number of rotatable bonds is 8. The Morgan fingerprint density at radius 3 is 2.38 bits per heavy atom. The normalized spacial score (nSPS) is 18.0. The summed E-state index contributed by atoms with van der Waals surface area (Å²) in [5.41, 5.74) is 3.11. The summed E-state index contributed by atoms with van der Waals surface area (Å²) in [4.78, 5) is 0. The van der Waals surface area contributed by atoms with E-state index < -0.39 is 13.9 Å². The van der Waals surface area contributed by atoms with Gasteiger partial charge in [-0.25, -0.2) is 0 Å². The standard InChI is InChI=1S/C23H29Se/c1-2-3-4-5-6-7-11-18-23-22-17-13-12-14-20(22)19-24(23)21-15-9-8-10-16-21/h8-10,12-18H,2-7,11,19H2,1H3/q+1/b23-18-. The number of unbranched alkanes of at least 4 members (excludes halogenated alkanes) is 6. The summed E-state index contributed by atoms with van der Waals surface area (Å²) in [7, 11) is 0. The second kappa shape index (κ2) is 9.25. The molecule has 0 amide bonds. The molecule has 2 aromatic rings. The Balaban J connectivity index is 1.68. The van der Waals surface area contributed by atoms with Gasteiger partial charge in [-0.3, -0.25) is 0 Å². The average Bonchev–Trinajstić information content (AvgIpc) is 3.00. The summed E-state index contributed by atoms with van der Waals surface area (Å²) < 4.78 is 3.27. The zero-order chi connectivity index (χ0) is 16.6. The summed E-state index contributed by atoms with van der Waals surface area (Å²) in [5, 5.41) is 1.28. The molecule has 0 radical (unpaired) electrons. The first-order valence-electron chi connectivity index (χ1n) is 9.44. The Morgan fingerprint density at radius 2 is 1.54 bits per heavy atom. The summed E-state index contributed by atoms with van der Waals surface area (Å²) in [5.74, 6) is 0. The van der Waals surface area contributed by atoms with E-state index in [4.69, 9.17) is 0 Å². The molecule has 0 fully saturated rings. The van der Waals surface area contributed by atoms with E-state index in [1.807, 2.05) is 0 Å². The van der Waals surface area contributed by atoms with Gasteiger partial charge in [0.15, 0.2) is 0 Å². The van der Waals surface area contributed by atoms with Crippen LogP contribution in [0.3, 0.4) is 0 Å². The van der Waals surface area contributed by atoms with Crippen molar-refractivity contribution in [2.75, 3.05) is 0 Å². The van der Waals surface area contributed by atoms with Crippen LogP contribution in [0.25, 0.3) is 4.47 Å². The van der Waals surface area contributed by atoms with Crippen molar-refractivity contribution >= 4 is 22.8 Å². The SMILES string of the molecule is CCCCCCCC/C=C1/c2ccccc2C[Se+]1c1ccccc1. The van der Waals surface area contributed by atoms with E-state index in [2.05, 4.69) is 67.6 Å². The predicted octanol–water partition coefficient (Wildman–Crippen LogP) is 5.86. The molecular weight excluding hydrogens is 355 g/mol. The van der Waals surface area contributed by atoms with Crippen LogP contribution < -0.4 is 4.46 Å². The Kier molecular flexibility index (Phi) is 6.75. The minimum absolute atomic E-state index is 0.891. The third-order valence-corrected chi connectivity index (χ3v) is 9.71. The molecule has 0 nitrogen and oxygen atoms in total. The van der Waals surface area contributed by atoms with Gasteiger partial charge in [0, 0.05) is 0 Å². The average molecular weight is 384 g/mol. The molecular formula is C23H29Se+. The maximum atomic E-state index is 2.59. The molecule has 1 heteroatoms. The van der Waals surface area contributed by atoms with Crippen molar-refractivity contribution in [3.63, 3.8) is 0 Å². The fraction of sp³-hybridized carbons (Fsp3) is 0.391. The molecule has 0 spiro atoms. The number of benzene rings is 2. The van der Waals surface area contributed by atoms with Crippen LogP contribution in [0.4, 0.5) is 0 Å². The molecule has 1 heterocycles. The molecule has 0 saturated heterocycles. The van der Waals surface area contributed by atoms with Crippen LogP contribution in [-0.2, 0) is 5.32 Å². The van der Waals surface area contributed by atoms with Gasteiger partial charge in [-0.05, 0) is 0 Å². The predicted molar refractivity (Wildman–Crippen MR) is 108 cm³/mol. The van der Waals surface area contributed by atoms with Crippen LogP contribution in [0.2, 0.25) is 0 Å². The van der Waals surface area contributed by atoms with Gasteiger partial charge in [-0.2, -0.15) is 0 Å². The zero-order valence-electron chi connectivity index (χ0n) is 14.8. The first kappa shape index (κ1) is 17.5. The van der Waals surface area contributed by atoms with Gasteiger partial charge in [0.25, 0.3) is 0 Å². The monoisotopic (exact) mass is 385 g/mol. The van der Waals surface area contributed by atoms with E-state index in [-0.39, 0.29) is 0 Å². The van der Waals surface area contributed by atoms with Crippen molar-refractivity contribution < 1.29 is 0 Å². The first-order chi connectivity index (χ1) is 11.9. The van der Waals surface area contributed by atoms with Gasteiger partial charge in [-0.15, -0.1) is 0 Å². The third-order valence-electron chi connectivity index (χ3n) is 4.76. The molecule has 1 unspecified atom stereocenters. The van der Waals surface area contributed by atoms with Crippen LogP contribution >= 0.6 is 0 Å². The molecule has 0 aliphatic carbocycles. The summed E-state index contributed by atoms with van der Waals surface area (Å²) in [6, 6.07) is 20.3. The number of hydrogen-bond acceptors (Lipinski definition) is 0. The molecule has 24 heavy (non-hydrogen) atoms. The molecule has 1 atom stereocenters. The topological polar surface area (TPSA) is 0 Å². The molecule has 126 valence electrons. The van der Waals surface area contributed by atoms with Crippen LogP contribution in [0, 0.1) is 0 Å². The number of allylic oxidation sites excluding steroid dienone is 1. The van der Waals surface area contributed by atoms with E-state index in [0.29, 0.717) is 0 Å². The Bertz CT molecular complexity index is 657. The van der Waals surface area contributed by atoms with Gasteiger partial charge >= 0.3 is 152 Å². The van der Waals surface area contributed by atoms with Gasteiger partial charge in [0.05, 0.1) is 0 Å². The van der Waals surface area contributed by atoms with Crippen LogP contribution in [0.15, 0.2) is 60.7 Å². The molecule has 1 aliphatic rings. The van der Waals surface area contributed by atoms with Crippen molar-refractivity contribution in [3.8, 4) is 0 Å². The van der Waals surface area contributed by atoms with Crippen LogP contribution in [-0.4, -0.2) is 13.9 Å². The minimum atomic E-state index is -0.891. The molecule has 0 aromatic heterocycles. The van der Waals surface area contributed by atoms with Crippen molar-refractivity contribution in [1.29, 1.82) is 0 Å². The van der Waals surface area contributed by atoms with E-state index in [9.17, 15) is 0 Å². The van der Waals surface area contributed by atoms with Crippen molar-refractivity contribution in [2.24, 2.45) is 0 Å². The van der Waals surface area contributed by atoms with E-state index in [0.717, 1.165) is 0 Å². The maximum absolute atomic E-state index is 2.59. The summed E-state index contributed by atoms with van der Waals surface area (Å²) in [6.07, 6.45) is 12.1. The van der Waals surface area contributed by atoms with Gasteiger partial charge in [0.2, 0.25) is 0 Å². The number of fused-ring (bicyclic) bond motifs is 1. The molecule has 0 bridgehead atoms. The Morgan fingerprint density at radius 1 is 0.833 bits per heavy atom. The van der Waals surface area contributed by atoms with Gasteiger partial charge < -0.3 is 0 Å². The summed E-state index contributed by atoms with van der Waals surface area (Å²) >= 11 is -0.891.